The van der Waals surface area contributed by atoms with Crippen LogP contribution in [-0.2, 0) is 14.6 Å². The van der Waals surface area contributed by atoms with Crippen molar-refractivity contribution in [3.8, 4) is 0 Å². The average Bonchev–Trinajstić information content (AvgIpc) is 2.79. The average molecular weight is 314 g/mol. The Morgan fingerprint density at radius 2 is 2.10 bits per heavy atom. The van der Waals surface area contributed by atoms with Gasteiger partial charge < -0.3 is 10.2 Å². The second-order valence-corrected chi connectivity index (χ2v) is 9.40. The number of hydrogen-bond donors (Lipinski definition) is 1. The van der Waals surface area contributed by atoms with Gasteiger partial charge in [0.25, 0.3) is 0 Å². The zero-order chi connectivity index (χ0) is 14.9. The Morgan fingerprint density at radius 3 is 2.76 bits per heavy atom. The van der Waals surface area contributed by atoms with E-state index >= 15 is 0 Å². The SMILES string of the molecule is O=C(CC1CCS(=O)(=O)C1)N1CCCC2(CCCNC2)C1. The molecule has 6 heteroatoms. The van der Waals surface area contributed by atoms with E-state index in [4.69, 9.17) is 0 Å². The summed E-state index contributed by atoms with van der Waals surface area (Å²) >= 11 is 0. The second-order valence-electron chi connectivity index (χ2n) is 7.17. The van der Waals surface area contributed by atoms with Crippen molar-refractivity contribution >= 4 is 15.7 Å². The normalized spacial score (nSPS) is 36.0. The molecule has 5 nitrogen and oxygen atoms in total. The van der Waals surface area contributed by atoms with Gasteiger partial charge in [0.1, 0.15) is 0 Å². The molecule has 0 bridgehead atoms. The van der Waals surface area contributed by atoms with Gasteiger partial charge in [-0.05, 0) is 44.6 Å². The van der Waals surface area contributed by atoms with Gasteiger partial charge in [0.05, 0.1) is 11.5 Å². The lowest BCUT2D eigenvalue weighted by molar-refractivity contribution is -0.136. The van der Waals surface area contributed by atoms with Crippen molar-refractivity contribution in [3.05, 3.63) is 0 Å². The van der Waals surface area contributed by atoms with E-state index in [1.807, 2.05) is 4.90 Å². The van der Waals surface area contributed by atoms with E-state index in [-0.39, 0.29) is 28.7 Å². The number of carbonyl (C=O) groups excluding carboxylic acids is 1. The zero-order valence-electron chi connectivity index (χ0n) is 12.6. The largest absolute Gasteiger partial charge is 0.342 e. The standard InChI is InChI=1S/C15H26N2O3S/c18-14(9-13-3-8-21(19,20)10-13)17-7-2-5-15(12-17)4-1-6-16-11-15/h13,16H,1-12H2. The number of rotatable bonds is 2. The Hall–Kier alpha value is -0.620. The van der Waals surface area contributed by atoms with Gasteiger partial charge in [-0.25, -0.2) is 8.42 Å². The third-order valence-corrected chi connectivity index (χ3v) is 7.20. The van der Waals surface area contributed by atoms with Gasteiger partial charge >= 0.3 is 0 Å². The molecule has 2 unspecified atom stereocenters. The van der Waals surface area contributed by atoms with Crippen molar-refractivity contribution in [3.63, 3.8) is 0 Å². The van der Waals surface area contributed by atoms with E-state index in [0.29, 0.717) is 12.8 Å². The third kappa shape index (κ3) is 3.59. The molecule has 3 heterocycles. The fraction of sp³-hybridized carbons (Fsp3) is 0.933. The first-order valence-electron chi connectivity index (χ1n) is 8.17. The minimum Gasteiger partial charge on any atom is -0.342 e. The van der Waals surface area contributed by atoms with Crippen molar-refractivity contribution < 1.29 is 13.2 Å². The molecule has 0 saturated carbocycles. The highest BCUT2D eigenvalue weighted by Gasteiger charge is 2.39. The number of sulfone groups is 1. The predicted octanol–water partition coefficient (Wildman–Crippen LogP) is 0.803. The summed E-state index contributed by atoms with van der Waals surface area (Å²) in [4.78, 5) is 14.5. The quantitative estimate of drug-likeness (QED) is 0.819. The van der Waals surface area contributed by atoms with Crippen molar-refractivity contribution in [2.75, 3.05) is 37.7 Å². The predicted molar refractivity (Wildman–Crippen MR) is 81.7 cm³/mol. The van der Waals surface area contributed by atoms with E-state index in [0.717, 1.165) is 32.6 Å². The Balaban J connectivity index is 1.57. The number of nitrogens with one attached hydrogen (secondary N) is 1. The Labute approximate surface area is 127 Å². The van der Waals surface area contributed by atoms with Crippen LogP contribution in [0.2, 0.25) is 0 Å². The molecule has 3 fully saturated rings. The molecule has 1 amide bonds. The first-order chi connectivity index (χ1) is 9.98. The Morgan fingerprint density at radius 1 is 1.29 bits per heavy atom. The summed E-state index contributed by atoms with van der Waals surface area (Å²) in [5.74, 6) is 0.685. The summed E-state index contributed by atoms with van der Waals surface area (Å²) in [5.41, 5.74) is 0.272. The highest BCUT2D eigenvalue weighted by molar-refractivity contribution is 7.91. The van der Waals surface area contributed by atoms with Crippen LogP contribution >= 0.6 is 0 Å². The summed E-state index contributed by atoms with van der Waals surface area (Å²) in [5, 5.41) is 3.47. The van der Waals surface area contributed by atoms with Gasteiger partial charge in [0.15, 0.2) is 9.84 Å². The molecule has 3 aliphatic rings. The fourth-order valence-corrected chi connectivity index (χ4v) is 6.07. The minimum atomic E-state index is -2.88. The molecule has 1 spiro atoms. The molecule has 3 saturated heterocycles. The molecule has 120 valence electrons. The van der Waals surface area contributed by atoms with Crippen LogP contribution in [0.5, 0.6) is 0 Å². The number of piperidine rings is 2. The van der Waals surface area contributed by atoms with Gasteiger partial charge in [-0.1, -0.05) is 0 Å². The van der Waals surface area contributed by atoms with Crippen LogP contribution in [0, 0.1) is 11.3 Å². The van der Waals surface area contributed by atoms with Crippen LogP contribution in [0.25, 0.3) is 0 Å². The molecular weight excluding hydrogens is 288 g/mol. The van der Waals surface area contributed by atoms with Gasteiger partial charge in [-0.3, -0.25) is 4.79 Å². The van der Waals surface area contributed by atoms with Crippen molar-refractivity contribution in [1.82, 2.24) is 10.2 Å². The van der Waals surface area contributed by atoms with Crippen molar-refractivity contribution in [2.24, 2.45) is 11.3 Å². The lowest BCUT2D eigenvalue weighted by Crippen LogP contribution is -2.52. The van der Waals surface area contributed by atoms with Crippen LogP contribution in [-0.4, -0.2) is 56.9 Å². The van der Waals surface area contributed by atoms with E-state index in [2.05, 4.69) is 5.32 Å². The molecule has 2 atom stereocenters. The number of carbonyl (C=O) groups is 1. The van der Waals surface area contributed by atoms with Crippen LogP contribution in [0.1, 0.15) is 38.5 Å². The van der Waals surface area contributed by atoms with E-state index in [1.54, 1.807) is 0 Å². The zero-order valence-corrected chi connectivity index (χ0v) is 13.5. The lowest BCUT2D eigenvalue weighted by Gasteiger charge is -2.45. The molecule has 3 rings (SSSR count). The molecule has 3 aliphatic heterocycles. The second kappa shape index (κ2) is 5.88. The summed E-state index contributed by atoms with van der Waals surface area (Å²) in [6.07, 6.45) is 5.78. The van der Waals surface area contributed by atoms with Gasteiger partial charge in [-0.2, -0.15) is 0 Å². The Bertz CT molecular complexity index is 492. The molecular formula is C15H26N2O3S. The Kier molecular flexibility index (Phi) is 4.28. The molecule has 21 heavy (non-hydrogen) atoms. The van der Waals surface area contributed by atoms with Crippen LogP contribution in [0.3, 0.4) is 0 Å². The summed E-state index contributed by atoms with van der Waals surface area (Å²) in [7, 11) is -2.88. The van der Waals surface area contributed by atoms with Gasteiger partial charge in [0.2, 0.25) is 5.91 Å². The minimum absolute atomic E-state index is 0.0462. The first kappa shape index (κ1) is 15.3. The van der Waals surface area contributed by atoms with Gasteiger partial charge in [-0.15, -0.1) is 0 Å². The molecule has 0 aromatic carbocycles. The smallest absolute Gasteiger partial charge is 0.222 e. The fourth-order valence-electron chi connectivity index (χ4n) is 4.21. The molecule has 0 aliphatic carbocycles. The molecule has 0 aromatic rings. The summed E-state index contributed by atoms with van der Waals surface area (Å²) in [6.45, 7) is 3.82. The highest BCUT2D eigenvalue weighted by atomic mass is 32.2. The monoisotopic (exact) mass is 314 g/mol. The van der Waals surface area contributed by atoms with Gasteiger partial charge in [0, 0.05) is 31.5 Å². The maximum absolute atomic E-state index is 12.5. The van der Waals surface area contributed by atoms with E-state index in [1.165, 1.54) is 19.3 Å². The van der Waals surface area contributed by atoms with E-state index < -0.39 is 9.84 Å². The topological polar surface area (TPSA) is 66.5 Å². The number of likely N-dealkylation sites (tertiary alicyclic amines) is 1. The third-order valence-electron chi connectivity index (χ3n) is 5.36. The molecule has 0 radical (unpaired) electrons. The summed E-state index contributed by atoms with van der Waals surface area (Å²) in [6, 6.07) is 0. The van der Waals surface area contributed by atoms with Crippen LogP contribution in [0.4, 0.5) is 0 Å². The summed E-state index contributed by atoms with van der Waals surface area (Å²) < 4.78 is 23.0. The number of nitrogens with zero attached hydrogens (tertiary/aromatic N) is 1. The maximum Gasteiger partial charge on any atom is 0.222 e. The lowest BCUT2D eigenvalue weighted by atomic mass is 9.74. The van der Waals surface area contributed by atoms with Crippen molar-refractivity contribution in [2.45, 2.75) is 38.5 Å². The maximum atomic E-state index is 12.5. The molecule has 1 N–H and O–H groups in total. The highest BCUT2D eigenvalue weighted by Crippen LogP contribution is 2.36. The van der Waals surface area contributed by atoms with Crippen molar-refractivity contribution in [1.29, 1.82) is 0 Å². The number of hydrogen-bond acceptors (Lipinski definition) is 4. The number of amides is 1. The molecule has 0 aromatic heterocycles. The van der Waals surface area contributed by atoms with Crippen LogP contribution in [0.15, 0.2) is 0 Å². The van der Waals surface area contributed by atoms with Crippen LogP contribution < -0.4 is 5.32 Å². The van der Waals surface area contributed by atoms with E-state index in [9.17, 15) is 13.2 Å². The first-order valence-corrected chi connectivity index (χ1v) is 9.99.